The first-order valence-electron chi connectivity index (χ1n) is 4.04. The summed E-state index contributed by atoms with van der Waals surface area (Å²) in [5.74, 6) is -2.21. The van der Waals surface area contributed by atoms with Gasteiger partial charge in [0.15, 0.2) is 6.00 Å². The fraction of sp³-hybridized carbons (Fsp3) is 0.833. The summed E-state index contributed by atoms with van der Waals surface area (Å²) in [5.41, 5.74) is 0. The number of rotatable bonds is 5. The van der Waals surface area contributed by atoms with Crippen LogP contribution >= 0.6 is 11.6 Å². The van der Waals surface area contributed by atoms with E-state index in [1.165, 1.54) is 0 Å². The summed E-state index contributed by atoms with van der Waals surface area (Å²) in [4.78, 5) is 11.1. The molecule has 17 heavy (non-hydrogen) atoms. The topological polar surface area (TPSA) is 126 Å². The van der Waals surface area contributed by atoms with E-state index in [4.69, 9.17) is 21.3 Å². The maximum atomic E-state index is 11.6. The summed E-state index contributed by atoms with van der Waals surface area (Å²) in [5, 5.41) is 8.97. The molecule has 0 fully saturated rings. The Balaban J connectivity index is 6.73. The van der Waals surface area contributed by atoms with Crippen LogP contribution in [0.15, 0.2) is 0 Å². The number of likely N-dealkylation sites (N-methyl/N-ethyl adjacent to an activating group) is 1. The van der Waals surface area contributed by atoms with Gasteiger partial charge in [0.25, 0.3) is 0 Å². The maximum absolute atomic E-state index is 11.6. The lowest BCUT2D eigenvalue weighted by Crippen LogP contribution is -2.71. The summed E-state index contributed by atoms with van der Waals surface area (Å²) in [6.45, 7) is 0. The molecule has 0 saturated heterocycles. The minimum absolute atomic E-state index is 0.404. The van der Waals surface area contributed by atoms with Crippen molar-refractivity contribution in [2.24, 2.45) is 0 Å². The molecule has 0 aromatic carbocycles. The second kappa shape index (κ2) is 4.35. The van der Waals surface area contributed by atoms with Gasteiger partial charge in [0, 0.05) is 6.26 Å². The van der Waals surface area contributed by atoms with Crippen molar-refractivity contribution in [2.75, 3.05) is 26.4 Å². The summed E-state index contributed by atoms with van der Waals surface area (Å²) in [6, 6.07) is -0.654. The molecule has 0 heterocycles. The zero-order valence-electron chi connectivity index (χ0n) is 9.28. The number of aliphatic carboxylic acids is 1. The van der Waals surface area contributed by atoms with Crippen molar-refractivity contribution in [1.82, 2.24) is 0 Å². The van der Waals surface area contributed by atoms with Gasteiger partial charge >= 0.3 is 20.3 Å². The molecule has 102 valence electrons. The van der Waals surface area contributed by atoms with E-state index in [9.17, 15) is 21.6 Å². The van der Waals surface area contributed by atoms with Crippen LogP contribution in [0.3, 0.4) is 0 Å². The second-order valence-corrected chi connectivity index (χ2v) is 8.11. The number of hydrogen-bond donors (Lipinski definition) is 2. The van der Waals surface area contributed by atoms with Crippen molar-refractivity contribution in [3.05, 3.63) is 0 Å². The number of hydrogen-bond acceptors (Lipinski definition) is 5. The first kappa shape index (κ1) is 16.6. The molecule has 0 rings (SSSR count). The second-order valence-electron chi connectivity index (χ2n) is 3.94. The number of carbonyl (C=O) groups is 1. The van der Waals surface area contributed by atoms with Crippen LogP contribution in [0.1, 0.15) is 0 Å². The summed E-state index contributed by atoms with van der Waals surface area (Å²) >= 11 is 5.40. The van der Waals surface area contributed by atoms with E-state index >= 15 is 0 Å². The van der Waals surface area contributed by atoms with Crippen LogP contribution < -0.4 is 0 Å². The molecule has 0 radical (unpaired) electrons. The van der Waals surface area contributed by atoms with Gasteiger partial charge in [0.1, 0.15) is 0 Å². The molecular formula is C6H13ClNO7S2+. The van der Waals surface area contributed by atoms with Crippen molar-refractivity contribution in [2.45, 2.75) is 4.20 Å². The highest BCUT2D eigenvalue weighted by Gasteiger charge is 2.71. The van der Waals surface area contributed by atoms with E-state index in [1.807, 2.05) is 0 Å². The molecule has 1 atom stereocenters. The van der Waals surface area contributed by atoms with Gasteiger partial charge in [0.2, 0.25) is 9.84 Å². The van der Waals surface area contributed by atoms with Gasteiger partial charge in [-0.25, -0.2) is 13.2 Å². The fourth-order valence-electron chi connectivity index (χ4n) is 1.56. The number of alkyl halides is 1. The monoisotopic (exact) mass is 310 g/mol. The van der Waals surface area contributed by atoms with Gasteiger partial charge in [-0.05, 0) is 0 Å². The first-order chi connectivity index (χ1) is 7.25. The predicted octanol–water partition coefficient (Wildman–Crippen LogP) is -1.07. The van der Waals surface area contributed by atoms with Crippen LogP contribution in [0.5, 0.6) is 0 Å². The lowest BCUT2D eigenvalue weighted by Gasteiger charge is -2.39. The van der Waals surface area contributed by atoms with Crippen LogP contribution in [0.2, 0.25) is 0 Å². The lowest BCUT2D eigenvalue weighted by molar-refractivity contribution is -0.892. The number of nitrogens with zero attached hydrogens (tertiary/aromatic N) is 1. The maximum Gasteiger partial charge on any atom is 0.420 e. The quantitative estimate of drug-likeness (QED) is 0.286. The molecule has 0 aliphatic carbocycles. The Kier molecular flexibility index (Phi) is 4.25. The van der Waals surface area contributed by atoms with Crippen molar-refractivity contribution in [1.29, 1.82) is 0 Å². The summed E-state index contributed by atoms with van der Waals surface area (Å²) < 4.78 is 50.0. The third kappa shape index (κ3) is 2.27. The smallest absolute Gasteiger partial charge is 0.420 e. The number of quaternary nitrogens is 1. The Labute approximate surface area is 104 Å². The van der Waals surface area contributed by atoms with E-state index in [-0.39, 0.29) is 0 Å². The highest BCUT2D eigenvalue weighted by atomic mass is 35.5. The molecule has 0 bridgehead atoms. The fourth-order valence-corrected chi connectivity index (χ4v) is 5.60. The van der Waals surface area contributed by atoms with Crippen molar-refractivity contribution < 1.29 is 35.8 Å². The van der Waals surface area contributed by atoms with Gasteiger partial charge in [-0.3, -0.25) is 9.04 Å². The standard InChI is InChI=1S/C6H12ClNO7S2/c1-8(2,4-7)6(5(9)10,16(3,11)12)17(13,14)15/h4H2,1-3H3,(H-,9,10,13,14,15)/p+1. The summed E-state index contributed by atoms with van der Waals surface area (Å²) in [7, 11) is -8.22. The Hall–Kier alpha value is -0.420. The first-order valence-corrected chi connectivity index (χ1v) is 7.91. The van der Waals surface area contributed by atoms with Crippen LogP contribution in [0.4, 0.5) is 0 Å². The third-order valence-electron chi connectivity index (χ3n) is 2.22. The van der Waals surface area contributed by atoms with Gasteiger partial charge in [-0.2, -0.15) is 8.42 Å². The molecule has 0 aromatic rings. The molecule has 0 aromatic heterocycles. The molecule has 0 spiro atoms. The van der Waals surface area contributed by atoms with Gasteiger partial charge in [-0.1, -0.05) is 11.6 Å². The normalized spacial score (nSPS) is 17.5. The van der Waals surface area contributed by atoms with Crippen LogP contribution in [-0.4, -0.2) is 67.5 Å². The Morgan fingerprint density at radius 2 is 1.65 bits per heavy atom. The minimum Gasteiger partial charge on any atom is -0.475 e. The van der Waals surface area contributed by atoms with E-state index in [0.717, 1.165) is 14.1 Å². The highest BCUT2D eigenvalue weighted by Crippen LogP contribution is 2.33. The van der Waals surface area contributed by atoms with E-state index in [1.54, 1.807) is 0 Å². The Morgan fingerprint density at radius 3 is 1.71 bits per heavy atom. The highest BCUT2D eigenvalue weighted by molar-refractivity contribution is 8.08. The molecule has 0 aliphatic heterocycles. The van der Waals surface area contributed by atoms with Gasteiger partial charge in [-0.15, -0.1) is 0 Å². The molecule has 2 N–H and O–H groups in total. The minimum atomic E-state index is -5.45. The number of halogens is 1. The van der Waals surface area contributed by atoms with Crippen molar-refractivity contribution >= 4 is 37.5 Å². The van der Waals surface area contributed by atoms with E-state index < -0.39 is 40.6 Å². The zero-order chi connectivity index (χ0) is 14.3. The number of carboxylic acids is 1. The largest absolute Gasteiger partial charge is 0.475 e. The van der Waals surface area contributed by atoms with Crippen LogP contribution in [0.25, 0.3) is 0 Å². The zero-order valence-corrected chi connectivity index (χ0v) is 11.7. The van der Waals surface area contributed by atoms with Crippen LogP contribution in [0, 0.1) is 0 Å². The van der Waals surface area contributed by atoms with Gasteiger partial charge < -0.3 is 5.11 Å². The third-order valence-corrected chi connectivity index (χ3v) is 7.40. The molecule has 11 heteroatoms. The molecule has 0 amide bonds. The van der Waals surface area contributed by atoms with Crippen molar-refractivity contribution in [3.63, 3.8) is 0 Å². The number of carboxylic acid groups (broad SMARTS) is 1. The Morgan fingerprint density at radius 1 is 1.29 bits per heavy atom. The van der Waals surface area contributed by atoms with E-state index in [2.05, 4.69) is 0 Å². The molecule has 8 nitrogen and oxygen atoms in total. The van der Waals surface area contributed by atoms with E-state index in [0.29, 0.717) is 6.26 Å². The van der Waals surface area contributed by atoms with Gasteiger partial charge in [0.05, 0.1) is 14.1 Å². The predicted molar refractivity (Wildman–Crippen MR) is 59.6 cm³/mol. The average molecular weight is 311 g/mol. The van der Waals surface area contributed by atoms with Crippen LogP contribution in [-0.2, 0) is 24.7 Å². The number of sulfone groups is 1. The Bertz CT molecular complexity index is 489. The lowest BCUT2D eigenvalue weighted by atomic mass is 10.5. The van der Waals surface area contributed by atoms with Crippen molar-refractivity contribution in [3.8, 4) is 0 Å². The molecule has 1 unspecified atom stereocenters. The average Bonchev–Trinajstić information content (AvgIpc) is 1.97. The molecule has 0 aliphatic rings. The molecule has 0 saturated carbocycles. The molecular weight excluding hydrogens is 298 g/mol. The summed E-state index contributed by atoms with van der Waals surface area (Å²) in [6.07, 6.45) is 0.404. The SMILES string of the molecule is C[N+](C)(CCl)C(C(=O)O)(S(C)(=O)=O)S(=O)(=O)O.